The molecule has 2 nitrogen and oxygen atoms in total. The number of hydrogen-bond donors (Lipinski definition) is 1. The lowest BCUT2D eigenvalue weighted by molar-refractivity contribution is 0.270. The monoisotopic (exact) mass is 245 g/mol. The topological polar surface area (TPSA) is 25.2 Å². The molecule has 88 valence electrons. The second-order valence-electron chi connectivity index (χ2n) is 4.36. The number of aliphatic hydroxyl groups is 1. The molecule has 3 rings (SSSR count). The molecule has 1 atom stereocenters. The van der Waals surface area contributed by atoms with Crippen LogP contribution in [-0.4, -0.2) is 14.9 Å². The fourth-order valence-corrected chi connectivity index (χ4v) is 3.66. The van der Waals surface area contributed by atoms with Gasteiger partial charge in [0, 0.05) is 28.6 Å². The summed E-state index contributed by atoms with van der Waals surface area (Å²) in [5.41, 5.74) is 2.46. The van der Waals surface area contributed by atoms with Crippen molar-refractivity contribution in [2.45, 2.75) is 29.7 Å². The Labute approximate surface area is 105 Å². The van der Waals surface area contributed by atoms with E-state index in [1.54, 1.807) is 0 Å². The van der Waals surface area contributed by atoms with Gasteiger partial charge in [0.1, 0.15) is 0 Å². The Kier molecular flexibility index (Phi) is 2.95. The second-order valence-corrected chi connectivity index (χ2v) is 5.70. The van der Waals surface area contributed by atoms with Gasteiger partial charge in [0.2, 0.25) is 0 Å². The predicted molar refractivity (Wildman–Crippen MR) is 70.1 cm³/mol. The highest BCUT2D eigenvalue weighted by Crippen LogP contribution is 2.37. The molecule has 17 heavy (non-hydrogen) atoms. The van der Waals surface area contributed by atoms with Crippen LogP contribution in [0.25, 0.3) is 0 Å². The lowest BCUT2D eigenvalue weighted by atomic mass is 10.1. The minimum absolute atomic E-state index is 0.122. The highest BCUT2D eigenvalue weighted by molar-refractivity contribution is 8.00. The molecule has 0 radical (unpaired) electrons. The number of fused-ring (bicyclic) bond motifs is 1. The average molecular weight is 245 g/mol. The number of aliphatic hydroxyl groups excluding tert-OH is 1. The first-order valence-corrected chi connectivity index (χ1v) is 6.74. The molecule has 3 heteroatoms. The number of benzene rings is 1. The van der Waals surface area contributed by atoms with E-state index >= 15 is 0 Å². The summed E-state index contributed by atoms with van der Waals surface area (Å²) >= 11 is 1.95. The average Bonchev–Trinajstić information content (AvgIpc) is 2.94. The standard InChI is InChI=1S/C14H15NOS/c16-10-12-5-3-7-15(12)9-13-8-11-4-1-2-6-14(11)17-13/h1-7,13,16H,8-10H2. The quantitative estimate of drug-likeness (QED) is 0.899. The molecule has 1 aliphatic rings. The molecule has 1 unspecified atom stereocenters. The highest BCUT2D eigenvalue weighted by Gasteiger charge is 2.22. The molecule has 0 aliphatic carbocycles. The van der Waals surface area contributed by atoms with Gasteiger partial charge in [-0.25, -0.2) is 0 Å². The molecular formula is C14H15NOS. The Morgan fingerprint density at radius 1 is 1.24 bits per heavy atom. The van der Waals surface area contributed by atoms with Crippen LogP contribution in [0.3, 0.4) is 0 Å². The fourth-order valence-electron chi connectivity index (χ4n) is 2.35. The molecule has 1 aromatic heterocycles. The van der Waals surface area contributed by atoms with Crippen LogP contribution in [0.1, 0.15) is 11.3 Å². The third kappa shape index (κ3) is 2.13. The summed E-state index contributed by atoms with van der Waals surface area (Å²) in [7, 11) is 0. The SMILES string of the molecule is OCc1cccn1CC1Cc2ccccc2S1. The molecular weight excluding hydrogens is 230 g/mol. The van der Waals surface area contributed by atoms with E-state index in [-0.39, 0.29) is 6.61 Å². The summed E-state index contributed by atoms with van der Waals surface area (Å²) in [4.78, 5) is 1.41. The molecule has 0 saturated heterocycles. The molecule has 1 aliphatic heterocycles. The first-order valence-electron chi connectivity index (χ1n) is 5.86. The van der Waals surface area contributed by atoms with E-state index in [2.05, 4.69) is 35.0 Å². The van der Waals surface area contributed by atoms with E-state index in [9.17, 15) is 5.11 Å². The van der Waals surface area contributed by atoms with E-state index in [4.69, 9.17) is 0 Å². The second kappa shape index (κ2) is 4.59. The third-order valence-corrected chi connectivity index (χ3v) is 4.50. The van der Waals surface area contributed by atoms with Crippen molar-refractivity contribution in [1.29, 1.82) is 0 Å². The summed E-state index contributed by atoms with van der Waals surface area (Å²) in [6, 6.07) is 12.6. The zero-order chi connectivity index (χ0) is 11.7. The third-order valence-electron chi connectivity index (χ3n) is 3.20. The van der Waals surface area contributed by atoms with E-state index < -0.39 is 0 Å². The molecule has 0 fully saturated rings. The first kappa shape index (κ1) is 10.9. The lowest BCUT2D eigenvalue weighted by Gasteiger charge is -2.12. The van der Waals surface area contributed by atoms with Crippen LogP contribution < -0.4 is 0 Å². The smallest absolute Gasteiger partial charge is 0.0832 e. The lowest BCUT2D eigenvalue weighted by Crippen LogP contribution is -2.13. The summed E-state index contributed by atoms with van der Waals surface area (Å²) in [5, 5.41) is 9.82. The Morgan fingerprint density at radius 2 is 2.12 bits per heavy atom. The Morgan fingerprint density at radius 3 is 2.94 bits per heavy atom. The molecule has 0 spiro atoms. The van der Waals surface area contributed by atoms with Gasteiger partial charge in [-0.3, -0.25) is 0 Å². The van der Waals surface area contributed by atoms with Crippen LogP contribution in [-0.2, 0) is 19.6 Å². The van der Waals surface area contributed by atoms with Gasteiger partial charge in [-0.1, -0.05) is 18.2 Å². The molecule has 0 saturated carbocycles. The minimum atomic E-state index is 0.122. The zero-order valence-electron chi connectivity index (χ0n) is 9.54. The fraction of sp³-hybridized carbons (Fsp3) is 0.286. The molecule has 1 aromatic carbocycles. The minimum Gasteiger partial charge on any atom is -0.390 e. The van der Waals surface area contributed by atoms with E-state index in [0.717, 1.165) is 18.7 Å². The Hall–Kier alpha value is -1.19. The van der Waals surface area contributed by atoms with Gasteiger partial charge in [-0.05, 0) is 30.2 Å². The van der Waals surface area contributed by atoms with Crippen molar-refractivity contribution in [3.8, 4) is 0 Å². The van der Waals surface area contributed by atoms with Gasteiger partial charge in [-0.15, -0.1) is 11.8 Å². The van der Waals surface area contributed by atoms with E-state index in [0.29, 0.717) is 5.25 Å². The van der Waals surface area contributed by atoms with Crippen molar-refractivity contribution < 1.29 is 5.11 Å². The Balaban J connectivity index is 1.74. The van der Waals surface area contributed by atoms with Crippen LogP contribution in [0.5, 0.6) is 0 Å². The summed E-state index contributed by atoms with van der Waals surface area (Å²) in [5.74, 6) is 0. The van der Waals surface area contributed by atoms with Gasteiger partial charge in [0.15, 0.2) is 0 Å². The number of aromatic nitrogens is 1. The number of thioether (sulfide) groups is 1. The number of hydrogen-bond acceptors (Lipinski definition) is 2. The van der Waals surface area contributed by atoms with Gasteiger partial charge in [-0.2, -0.15) is 0 Å². The number of nitrogens with zero attached hydrogens (tertiary/aromatic N) is 1. The molecule has 0 amide bonds. The predicted octanol–water partition coefficient (Wildman–Crippen LogP) is 2.70. The van der Waals surface area contributed by atoms with E-state index in [1.807, 2.05) is 23.9 Å². The zero-order valence-corrected chi connectivity index (χ0v) is 10.4. The van der Waals surface area contributed by atoms with Crippen LogP contribution >= 0.6 is 11.8 Å². The van der Waals surface area contributed by atoms with E-state index in [1.165, 1.54) is 10.5 Å². The molecule has 2 aromatic rings. The van der Waals surface area contributed by atoms with Crippen LogP contribution in [0.4, 0.5) is 0 Å². The molecule has 1 N–H and O–H groups in total. The van der Waals surface area contributed by atoms with Gasteiger partial charge in [0.05, 0.1) is 6.61 Å². The summed E-state index contributed by atoms with van der Waals surface area (Å²) < 4.78 is 2.16. The molecule has 2 heterocycles. The van der Waals surface area contributed by atoms with Gasteiger partial charge < -0.3 is 9.67 Å². The normalized spacial score (nSPS) is 18.3. The maximum Gasteiger partial charge on any atom is 0.0832 e. The number of rotatable bonds is 3. The summed E-state index contributed by atoms with van der Waals surface area (Å²) in [6.07, 6.45) is 3.18. The molecule has 0 bridgehead atoms. The van der Waals surface area contributed by atoms with Gasteiger partial charge in [0.25, 0.3) is 0 Å². The van der Waals surface area contributed by atoms with Crippen molar-refractivity contribution >= 4 is 11.8 Å². The van der Waals surface area contributed by atoms with Crippen molar-refractivity contribution in [1.82, 2.24) is 4.57 Å². The van der Waals surface area contributed by atoms with Crippen molar-refractivity contribution in [3.05, 3.63) is 53.9 Å². The van der Waals surface area contributed by atoms with Crippen LogP contribution in [0.15, 0.2) is 47.5 Å². The van der Waals surface area contributed by atoms with Crippen LogP contribution in [0.2, 0.25) is 0 Å². The first-order chi connectivity index (χ1) is 8.36. The van der Waals surface area contributed by atoms with Crippen LogP contribution in [0, 0.1) is 0 Å². The largest absolute Gasteiger partial charge is 0.390 e. The van der Waals surface area contributed by atoms with Crippen molar-refractivity contribution in [3.63, 3.8) is 0 Å². The van der Waals surface area contributed by atoms with Crippen molar-refractivity contribution in [2.24, 2.45) is 0 Å². The maximum absolute atomic E-state index is 9.23. The van der Waals surface area contributed by atoms with Crippen molar-refractivity contribution in [2.75, 3.05) is 0 Å². The van der Waals surface area contributed by atoms with Gasteiger partial charge >= 0.3 is 0 Å². The highest BCUT2D eigenvalue weighted by atomic mass is 32.2. The maximum atomic E-state index is 9.23. The summed E-state index contributed by atoms with van der Waals surface area (Å²) in [6.45, 7) is 1.10. The Bertz CT molecular complexity index is 495.